The molecule has 1 aromatic rings. The second-order valence-corrected chi connectivity index (χ2v) is 4.83. The number of halogens is 2. The van der Waals surface area contributed by atoms with Crippen LogP contribution in [0.15, 0.2) is 18.2 Å². The van der Waals surface area contributed by atoms with Crippen LogP contribution in [-0.2, 0) is 4.79 Å². The van der Waals surface area contributed by atoms with E-state index < -0.39 is 34.6 Å². The van der Waals surface area contributed by atoms with Crippen LogP contribution in [0.4, 0.5) is 8.78 Å². The molecule has 0 spiro atoms. The lowest BCUT2D eigenvalue weighted by atomic mass is 9.97. The van der Waals surface area contributed by atoms with Crippen molar-refractivity contribution in [3.05, 3.63) is 35.4 Å². The SMILES string of the molecule is CC(C)(CCC(=O)O)NC(=O)c1c(F)cccc1F. The molecule has 1 aromatic carbocycles. The molecular weight excluding hydrogens is 256 g/mol. The molecule has 104 valence electrons. The number of amides is 1. The maximum atomic E-state index is 13.4. The average molecular weight is 271 g/mol. The first-order valence-electron chi connectivity index (χ1n) is 5.71. The summed E-state index contributed by atoms with van der Waals surface area (Å²) in [5.41, 5.74) is -1.53. The normalized spacial score (nSPS) is 11.2. The first-order valence-corrected chi connectivity index (χ1v) is 5.71. The van der Waals surface area contributed by atoms with Gasteiger partial charge in [0.25, 0.3) is 5.91 Å². The molecule has 2 N–H and O–H groups in total. The van der Waals surface area contributed by atoms with E-state index in [0.717, 1.165) is 18.2 Å². The van der Waals surface area contributed by atoms with E-state index in [4.69, 9.17) is 5.11 Å². The molecule has 0 atom stereocenters. The second kappa shape index (κ2) is 5.77. The van der Waals surface area contributed by atoms with Crippen LogP contribution < -0.4 is 5.32 Å². The molecule has 19 heavy (non-hydrogen) atoms. The predicted octanol–water partition coefficient (Wildman–Crippen LogP) is 2.34. The molecule has 0 saturated carbocycles. The third-order valence-electron chi connectivity index (χ3n) is 2.61. The molecule has 0 fully saturated rings. The minimum Gasteiger partial charge on any atom is -0.481 e. The summed E-state index contributed by atoms with van der Waals surface area (Å²) in [6.07, 6.45) is 0.0111. The van der Waals surface area contributed by atoms with Gasteiger partial charge >= 0.3 is 5.97 Å². The number of hydrogen-bond donors (Lipinski definition) is 2. The van der Waals surface area contributed by atoms with Gasteiger partial charge in [-0.15, -0.1) is 0 Å². The van der Waals surface area contributed by atoms with Crippen LogP contribution in [0.5, 0.6) is 0 Å². The van der Waals surface area contributed by atoms with Crippen molar-refractivity contribution < 1.29 is 23.5 Å². The van der Waals surface area contributed by atoms with E-state index >= 15 is 0 Å². The molecule has 0 bridgehead atoms. The highest BCUT2D eigenvalue weighted by Crippen LogP contribution is 2.16. The van der Waals surface area contributed by atoms with Crippen molar-refractivity contribution >= 4 is 11.9 Å². The molecule has 6 heteroatoms. The number of carboxylic acid groups (broad SMARTS) is 1. The van der Waals surface area contributed by atoms with Crippen molar-refractivity contribution in [3.63, 3.8) is 0 Å². The first kappa shape index (κ1) is 15.1. The molecule has 0 aliphatic carbocycles. The standard InChI is InChI=1S/C13H15F2NO3/c1-13(2,7-6-10(17)18)16-12(19)11-8(14)4-3-5-9(11)15/h3-5H,6-7H2,1-2H3,(H,16,19)(H,17,18). The smallest absolute Gasteiger partial charge is 0.303 e. The summed E-state index contributed by atoms with van der Waals surface area (Å²) in [6.45, 7) is 3.18. The highest BCUT2D eigenvalue weighted by atomic mass is 19.1. The molecule has 0 heterocycles. The zero-order valence-corrected chi connectivity index (χ0v) is 10.7. The average Bonchev–Trinajstić information content (AvgIpc) is 2.25. The number of benzene rings is 1. The van der Waals surface area contributed by atoms with Gasteiger partial charge in [-0.2, -0.15) is 0 Å². The number of carbonyl (C=O) groups is 2. The van der Waals surface area contributed by atoms with E-state index in [1.54, 1.807) is 13.8 Å². The summed E-state index contributed by atoms with van der Waals surface area (Å²) in [7, 11) is 0. The minimum atomic E-state index is -1.00. The Morgan fingerprint density at radius 1 is 1.26 bits per heavy atom. The lowest BCUT2D eigenvalue weighted by Crippen LogP contribution is -2.44. The fraction of sp³-hybridized carbons (Fsp3) is 0.385. The summed E-state index contributed by atoms with van der Waals surface area (Å²) in [5.74, 6) is -3.80. The number of carbonyl (C=O) groups excluding carboxylic acids is 1. The first-order chi connectivity index (χ1) is 8.73. The van der Waals surface area contributed by atoms with Crippen LogP contribution in [0.2, 0.25) is 0 Å². The quantitative estimate of drug-likeness (QED) is 0.863. The number of rotatable bonds is 5. The van der Waals surface area contributed by atoms with Gasteiger partial charge in [0.15, 0.2) is 0 Å². The van der Waals surface area contributed by atoms with Gasteiger partial charge in [0.05, 0.1) is 0 Å². The Morgan fingerprint density at radius 2 is 1.79 bits per heavy atom. The van der Waals surface area contributed by atoms with Crippen LogP contribution in [0, 0.1) is 11.6 Å². The molecule has 0 aliphatic rings. The molecule has 4 nitrogen and oxygen atoms in total. The number of hydrogen-bond acceptors (Lipinski definition) is 2. The zero-order chi connectivity index (χ0) is 14.6. The van der Waals surface area contributed by atoms with E-state index in [1.165, 1.54) is 0 Å². The Kier molecular flexibility index (Phi) is 4.58. The van der Waals surface area contributed by atoms with Crippen LogP contribution in [0.25, 0.3) is 0 Å². The summed E-state index contributed by atoms with van der Waals surface area (Å²) in [5, 5.41) is 11.0. The fourth-order valence-corrected chi connectivity index (χ4v) is 1.57. The van der Waals surface area contributed by atoms with Gasteiger partial charge in [0.2, 0.25) is 0 Å². The van der Waals surface area contributed by atoms with Crippen molar-refractivity contribution in [2.24, 2.45) is 0 Å². The van der Waals surface area contributed by atoms with Gasteiger partial charge in [0.1, 0.15) is 17.2 Å². The summed E-state index contributed by atoms with van der Waals surface area (Å²) in [6, 6.07) is 3.14. The lowest BCUT2D eigenvalue weighted by Gasteiger charge is -2.25. The van der Waals surface area contributed by atoms with Crippen molar-refractivity contribution in [1.29, 1.82) is 0 Å². The molecule has 0 radical (unpaired) electrons. The predicted molar refractivity (Wildman–Crippen MR) is 64.8 cm³/mol. The van der Waals surface area contributed by atoms with Gasteiger partial charge < -0.3 is 10.4 Å². The van der Waals surface area contributed by atoms with Crippen molar-refractivity contribution in [2.75, 3.05) is 0 Å². The van der Waals surface area contributed by atoms with Gasteiger partial charge in [-0.1, -0.05) is 6.07 Å². The molecule has 0 unspecified atom stereocenters. The topological polar surface area (TPSA) is 66.4 Å². The van der Waals surface area contributed by atoms with Gasteiger partial charge in [-0.05, 0) is 32.4 Å². The van der Waals surface area contributed by atoms with Crippen LogP contribution >= 0.6 is 0 Å². The van der Waals surface area contributed by atoms with Gasteiger partial charge in [-0.25, -0.2) is 8.78 Å². The van der Waals surface area contributed by atoms with Crippen LogP contribution in [0.1, 0.15) is 37.0 Å². The third-order valence-corrected chi connectivity index (χ3v) is 2.61. The monoisotopic (exact) mass is 271 g/mol. The van der Waals surface area contributed by atoms with Crippen molar-refractivity contribution in [3.8, 4) is 0 Å². The maximum absolute atomic E-state index is 13.4. The fourth-order valence-electron chi connectivity index (χ4n) is 1.57. The summed E-state index contributed by atoms with van der Waals surface area (Å²) >= 11 is 0. The lowest BCUT2D eigenvalue weighted by molar-refractivity contribution is -0.137. The Bertz CT molecular complexity index is 480. The summed E-state index contributed by atoms with van der Waals surface area (Å²) in [4.78, 5) is 22.3. The molecule has 1 rings (SSSR count). The Morgan fingerprint density at radius 3 is 2.26 bits per heavy atom. The molecule has 1 amide bonds. The zero-order valence-electron chi connectivity index (χ0n) is 10.7. The molecule has 0 saturated heterocycles. The van der Waals surface area contributed by atoms with Gasteiger partial charge in [-0.3, -0.25) is 9.59 Å². The number of carboxylic acids is 1. The van der Waals surface area contributed by atoms with E-state index in [2.05, 4.69) is 5.32 Å². The van der Waals surface area contributed by atoms with E-state index in [-0.39, 0.29) is 12.8 Å². The highest BCUT2D eigenvalue weighted by molar-refractivity contribution is 5.95. The second-order valence-electron chi connectivity index (χ2n) is 4.83. The van der Waals surface area contributed by atoms with Crippen LogP contribution in [-0.4, -0.2) is 22.5 Å². The number of nitrogens with one attached hydrogen (secondary N) is 1. The number of aliphatic carboxylic acids is 1. The Hall–Kier alpha value is -1.98. The molecule has 0 aliphatic heterocycles. The molecular formula is C13H15F2NO3. The van der Waals surface area contributed by atoms with Crippen LogP contribution in [0.3, 0.4) is 0 Å². The van der Waals surface area contributed by atoms with E-state index in [0.29, 0.717) is 0 Å². The Balaban J connectivity index is 2.82. The van der Waals surface area contributed by atoms with Crippen molar-refractivity contribution in [2.45, 2.75) is 32.2 Å². The third kappa shape index (κ3) is 4.31. The van der Waals surface area contributed by atoms with Crippen molar-refractivity contribution in [1.82, 2.24) is 5.32 Å². The van der Waals surface area contributed by atoms with Gasteiger partial charge in [0, 0.05) is 12.0 Å². The Labute approximate surface area is 109 Å². The highest BCUT2D eigenvalue weighted by Gasteiger charge is 2.25. The maximum Gasteiger partial charge on any atom is 0.303 e. The van der Waals surface area contributed by atoms with E-state index in [9.17, 15) is 18.4 Å². The summed E-state index contributed by atoms with van der Waals surface area (Å²) < 4.78 is 26.8. The molecule has 0 aromatic heterocycles. The largest absolute Gasteiger partial charge is 0.481 e. The van der Waals surface area contributed by atoms with E-state index in [1.807, 2.05) is 0 Å². The minimum absolute atomic E-state index is 0.146.